The van der Waals surface area contributed by atoms with Gasteiger partial charge in [0.15, 0.2) is 11.5 Å². The summed E-state index contributed by atoms with van der Waals surface area (Å²) in [5.74, 6) is 1.45. The van der Waals surface area contributed by atoms with Gasteiger partial charge in [0.25, 0.3) is 0 Å². The molecule has 5 heteroatoms. The van der Waals surface area contributed by atoms with E-state index in [1.807, 2.05) is 42.5 Å². The monoisotopic (exact) mass is 379 g/mol. The van der Waals surface area contributed by atoms with Crippen molar-refractivity contribution in [2.45, 2.75) is 19.6 Å². The number of rotatable bonds is 9. The minimum atomic E-state index is 0.184. The van der Waals surface area contributed by atoms with Crippen LogP contribution in [0.25, 0.3) is 0 Å². The van der Waals surface area contributed by atoms with E-state index in [-0.39, 0.29) is 6.61 Å². The lowest BCUT2D eigenvalue weighted by Crippen LogP contribution is -2.17. The van der Waals surface area contributed by atoms with Crippen molar-refractivity contribution in [3.8, 4) is 11.5 Å². The van der Waals surface area contributed by atoms with E-state index in [0.29, 0.717) is 18.9 Å². The third-order valence-corrected chi connectivity index (χ3v) is 4.17. The van der Waals surface area contributed by atoms with Crippen LogP contribution in [0.5, 0.6) is 11.5 Å². The lowest BCUT2D eigenvalue weighted by molar-refractivity contribution is 0.278. The lowest BCUT2D eigenvalue weighted by Gasteiger charge is -2.17. The van der Waals surface area contributed by atoms with Gasteiger partial charge in [-0.2, -0.15) is 0 Å². The van der Waals surface area contributed by atoms with Crippen molar-refractivity contribution >= 4 is 15.9 Å². The Morgan fingerprint density at radius 2 is 1.91 bits per heavy atom. The van der Waals surface area contributed by atoms with Gasteiger partial charge < -0.3 is 19.9 Å². The number of nitrogens with one attached hydrogen (secondary N) is 1. The average molecular weight is 380 g/mol. The highest BCUT2D eigenvalue weighted by molar-refractivity contribution is 9.10. The number of methoxy groups -OCH3 is 1. The molecule has 0 saturated carbocycles. The number of hydrogen-bond acceptors (Lipinski definition) is 4. The van der Waals surface area contributed by atoms with Gasteiger partial charge in [-0.25, -0.2) is 0 Å². The first-order valence-corrected chi connectivity index (χ1v) is 8.39. The quantitative estimate of drug-likeness (QED) is 0.654. The van der Waals surface area contributed by atoms with Gasteiger partial charge in [-0.1, -0.05) is 46.3 Å². The molecule has 0 saturated heterocycles. The van der Waals surface area contributed by atoms with Crippen LogP contribution in [0.15, 0.2) is 46.9 Å². The molecule has 0 radical (unpaired) electrons. The number of aliphatic hydroxyl groups is 1. The van der Waals surface area contributed by atoms with Crippen LogP contribution >= 0.6 is 15.9 Å². The van der Waals surface area contributed by atoms with Crippen LogP contribution in [-0.4, -0.2) is 25.4 Å². The van der Waals surface area contributed by atoms with Gasteiger partial charge in [0.2, 0.25) is 0 Å². The predicted molar refractivity (Wildman–Crippen MR) is 94.9 cm³/mol. The molecule has 0 bridgehead atoms. The summed E-state index contributed by atoms with van der Waals surface area (Å²) in [6.07, 6.45) is 0.724. The number of halogens is 1. The Labute approximate surface area is 145 Å². The Balaban J connectivity index is 2.15. The van der Waals surface area contributed by atoms with E-state index in [2.05, 4.69) is 21.2 Å². The van der Waals surface area contributed by atoms with Crippen molar-refractivity contribution in [3.63, 3.8) is 0 Å². The molecular formula is C18H22BrNO3. The molecule has 124 valence electrons. The highest BCUT2D eigenvalue weighted by Gasteiger charge is 2.14. The zero-order valence-corrected chi connectivity index (χ0v) is 14.8. The zero-order chi connectivity index (χ0) is 16.5. The van der Waals surface area contributed by atoms with E-state index >= 15 is 0 Å². The first kappa shape index (κ1) is 17.8. The SMILES string of the molecule is COc1ccc(Br)c(CNCCCO)c1OCc1ccccc1. The second kappa shape index (κ2) is 9.55. The van der Waals surface area contributed by atoms with Crippen molar-refractivity contribution in [2.75, 3.05) is 20.3 Å². The maximum atomic E-state index is 8.87. The molecule has 0 heterocycles. The number of benzene rings is 2. The van der Waals surface area contributed by atoms with Crippen LogP contribution in [0.3, 0.4) is 0 Å². The second-order valence-corrected chi connectivity index (χ2v) is 5.94. The molecule has 2 rings (SSSR count). The normalized spacial score (nSPS) is 10.6. The van der Waals surface area contributed by atoms with E-state index in [9.17, 15) is 0 Å². The van der Waals surface area contributed by atoms with Crippen LogP contribution in [0, 0.1) is 0 Å². The lowest BCUT2D eigenvalue weighted by atomic mass is 10.1. The maximum absolute atomic E-state index is 8.87. The molecule has 0 fully saturated rings. The fourth-order valence-corrected chi connectivity index (χ4v) is 2.67. The Hall–Kier alpha value is -1.56. The van der Waals surface area contributed by atoms with Crippen LogP contribution in [0.2, 0.25) is 0 Å². The van der Waals surface area contributed by atoms with Crippen LogP contribution in [0.4, 0.5) is 0 Å². The van der Waals surface area contributed by atoms with E-state index in [4.69, 9.17) is 14.6 Å². The average Bonchev–Trinajstić information content (AvgIpc) is 2.59. The molecule has 0 aliphatic carbocycles. The molecule has 0 amide bonds. The molecule has 4 nitrogen and oxygen atoms in total. The highest BCUT2D eigenvalue weighted by atomic mass is 79.9. The third-order valence-electron chi connectivity index (χ3n) is 3.43. The minimum absolute atomic E-state index is 0.184. The smallest absolute Gasteiger partial charge is 0.167 e. The molecule has 2 N–H and O–H groups in total. The summed E-state index contributed by atoms with van der Waals surface area (Å²) >= 11 is 3.58. The molecule has 0 aliphatic heterocycles. The van der Waals surface area contributed by atoms with Crippen molar-refractivity contribution < 1.29 is 14.6 Å². The molecule has 23 heavy (non-hydrogen) atoms. The molecular weight excluding hydrogens is 358 g/mol. The minimum Gasteiger partial charge on any atom is -0.493 e. The molecule has 0 atom stereocenters. The van der Waals surface area contributed by atoms with Gasteiger partial charge in [-0.05, 0) is 30.7 Å². The third kappa shape index (κ3) is 5.23. The fourth-order valence-electron chi connectivity index (χ4n) is 2.21. The molecule has 0 unspecified atom stereocenters. The van der Waals surface area contributed by atoms with Crippen molar-refractivity contribution in [1.82, 2.24) is 5.32 Å². The summed E-state index contributed by atoms with van der Waals surface area (Å²) < 4.78 is 12.5. The Bertz CT molecular complexity index is 605. The van der Waals surface area contributed by atoms with Crippen molar-refractivity contribution in [1.29, 1.82) is 0 Å². The maximum Gasteiger partial charge on any atom is 0.167 e. The van der Waals surface area contributed by atoms with Crippen LogP contribution in [-0.2, 0) is 13.2 Å². The first-order valence-electron chi connectivity index (χ1n) is 7.60. The number of ether oxygens (including phenoxy) is 2. The molecule has 2 aromatic carbocycles. The second-order valence-electron chi connectivity index (χ2n) is 5.09. The largest absolute Gasteiger partial charge is 0.493 e. The summed E-state index contributed by atoms with van der Waals surface area (Å²) in [6, 6.07) is 13.9. The number of hydrogen-bond donors (Lipinski definition) is 2. The number of aliphatic hydroxyl groups excluding tert-OH is 1. The van der Waals surface area contributed by atoms with E-state index < -0.39 is 0 Å². The zero-order valence-electron chi connectivity index (χ0n) is 13.2. The van der Waals surface area contributed by atoms with Gasteiger partial charge in [0, 0.05) is 23.2 Å². The first-order chi connectivity index (χ1) is 11.3. The highest BCUT2D eigenvalue weighted by Crippen LogP contribution is 2.36. The van der Waals surface area contributed by atoms with Gasteiger partial charge in [0.05, 0.1) is 7.11 Å². The Morgan fingerprint density at radius 1 is 1.13 bits per heavy atom. The summed E-state index contributed by atoms with van der Waals surface area (Å²) in [4.78, 5) is 0. The van der Waals surface area contributed by atoms with Gasteiger partial charge in [-0.15, -0.1) is 0 Å². The molecule has 0 aliphatic rings. The molecule has 0 aromatic heterocycles. The molecule has 2 aromatic rings. The predicted octanol–water partition coefficient (Wildman–Crippen LogP) is 3.51. The fraction of sp³-hybridized carbons (Fsp3) is 0.333. The van der Waals surface area contributed by atoms with E-state index in [1.54, 1.807) is 7.11 Å². The Morgan fingerprint density at radius 3 is 2.61 bits per heavy atom. The summed E-state index contributed by atoms with van der Waals surface area (Å²) in [5.41, 5.74) is 2.12. The standard InChI is InChI=1S/C18H22BrNO3/c1-22-17-9-8-16(19)15(12-20-10-5-11-21)18(17)23-13-14-6-3-2-4-7-14/h2-4,6-9,20-21H,5,10-13H2,1H3. The van der Waals surface area contributed by atoms with Crippen molar-refractivity contribution in [3.05, 3.63) is 58.1 Å². The van der Waals surface area contributed by atoms with Crippen molar-refractivity contribution in [2.24, 2.45) is 0 Å². The van der Waals surface area contributed by atoms with Crippen LogP contribution < -0.4 is 14.8 Å². The van der Waals surface area contributed by atoms with E-state index in [0.717, 1.165) is 34.3 Å². The summed E-state index contributed by atoms with van der Waals surface area (Å²) in [6.45, 7) is 2.06. The van der Waals surface area contributed by atoms with Crippen LogP contribution in [0.1, 0.15) is 17.5 Å². The van der Waals surface area contributed by atoms with Gasteiger partial charge in [0.1, 0.15) is 6.61 Å². The van der Waals surface area contributed by atoms with E-state index in [1.165, 1.54) is 0 Å². The Kier molecular flexibility index (Phi) is 7.39. The topological polar surface area (TPSA) is 50.7 Å². The molecule has 0 spiro atoms. The van der Waals surface area contributed by atoms with Gasteiger partial charge >= 0.3 is 0 Å². The van der Waals surface area contributed by atoms with Gasteiger partial charge in [-0.3, -0.25) is 0 Å². The summed E-state index contributed by atoms with van der Waals surface area (Å²) in [5, 5.41) is 12.2. The summed E-state index contributed by atoms with van der Waals surface area (Å²) in [7, 11) is 1.64.